The van der Waals surface area contributed by atoms with Gasteiger partial charge in [-0.2, -0.15) is 0 Å². The largest absolute Gasteiger partial charge is 0.507 e. The Bertz CT molecular complexity index is 816. The molecule has 0 saturated carbocycles. The summed E-state index contributed by atoms with van der Waals surface area (Å²) in [6, 6.07) is 10.1. The van der Waals surface area contributed by atoms with Crippen LogP contribution in [0.15, 0.2) is 36.4 Å². The number of nitrogens with one attached hydrogen (secondary N) is 1. The van der Waals surface area contributed by atoms with Crippen LogP contribution in [0.5, 0.6) is 17.2 Å². The van der Waals surface area contributed by atoms with Crippen LogP contribution < -0.4 is 19.3 Å². The minimum atomic E-state index is -0.385. The number of piperazine rings is 1. The zero-order valence-electron chi connectivity index (χ0n) is 14.2. The Morgan fingerprint density at radius 3 is 2.42 bits per heavy atom. The second kappa shape index (κ2) is 6.72. The van der Waals surface area contributed by atoms with Crippen LogP contribution in [0.2, 0.25) is 0 Å². The van der Waals surface area contributed by atoms with Crippen molar-refractivity contribution in [2.24, 2.45) is 0 Å². The quantitative estimate of drug-likeness (QED) is 0.624. The Morgan fingerprint density at radius 1 is 1.12 bits per heavy atom. The van der Waals surface area contributed by atoms with Crippen LogP contribution in [0.1, 0.15) is 5.56 Å². The highest BCUT2D eigenvalue weighted by molar-refractivity contribution is 5.52. The summed E-state index contributed by atoms with van der Waals surface area (Å²) in [6.07, 6.45) is 0. The number of benzene rings is 2. The number of nitro benzene ring substituents is 1. The molecule has 0 aromatic heterocycles. The molecule has 2 aliphatic rings. The van der Waals surface area contributed by atoms with Crippen molar-refractivity contribution in [2.45, 2.75) is 6.54 Å². The second-order valence-corrected chi connectivity index (χ2v) is 6.52. The molecule has 2 N–H and O–H groups in total. The van der Waals surface area contributed by atoms with Gasteiger partial charge in [-0.3, -0.25) is 10.1 Å². The summed E-state index contributed by atoms with van der Waals surface area (Å²) in [4.78, 5) is 14.0. The molecule has 0 radical (unpaired) electrons. The minimum absolute atomic E-state index is 0.108. The van der Waals surface area contributed by atoms with Crippen molar-refractivity contribution in [3.63, 3.8) is 0 Å². The van der Waals surface area contributed by atoms with E-state index in [1.165, 1.54) is 4.90 Å². The first kappa shape index (κ1) is 16.5. The van der Waals surface area contributed by atoms with Crippen LogP contribution in [0.4, 0.5) is 11.4 Å². The van der Waals surface area contributed by atoms with Gasteiger partial charge in [0.15, 0.2) is 11.5 Å². The Labute approximate surface area is 150 Å². The number of phenols is 1. The van der Waals surface area contributed by atoms with E-state index < -0.39 is 0 Å². The lowest BCUT2D eigenvalue weighted by atomic mass is 10.1. The monoisotopic (exact) mass is 358 g/mol. The molecule has 0 spiro atoms. The predicted octanol–water partition coefficient (Wildman–Crippen LogP) is 0.934. The molecular weight excluding hydrogens is 338 g/mol. The van der Waals surface area contributed by atoms with Crippen LogP contribution in [-0.2, 0) is 6.54 Å². The highest BCUT2D eigenvalue weighted by Crippen LogP contribution is 2.37. The smallest absolute Gasteiger partial charge is 0.269 e. The molecular formula is C18H20N3O5+. The fourth-order valence-corrected chi connectivity index (χ4v) is 3.43. The van der Waals surface area contributed by atoms with Crippen LogP contribution in [0.3, 0.4) is 0 Å². The lowest BCUT2D eigenvalue weighted by Crippen LogP contribution is -3.13. The summed E-state index contributed by atoms with van der Waals surface area (Å²) >= 11 is 0. The topological polar surface area (TPSA) is 89.5 Å². The van der Waals surface area contributed by atoms with Crippen molar-refractivity contribution in [3.8, 4) is 17.2 Å². The molecule has 2 aromatic rings. The van der Waals surface area contributed by atoms with Crippen LogP contribution in [0, 0.1) is 10.1 Å². The molecule has 0 unspecified atom stereocenters. The first-order valence-electron chi connectivity index (χ1n) is 8.54. The second-order valence-electron chi connectivity index (χ2n) is 6.52. The van der Waals surface area contributed by atoms with E-state index in [1.807, 2.05) is 6.07 Å². The molecule has 136 valence electrons. The van der Waals surface area contributed by atoms with Crippen molar-refractivity contribution < 1.29 is 24.4 Å². The molecule has 0 amide bonds. The van der Waals surface area contributed by atoms with Crippen LogP contribution in [-0.4, -0.2) is 43.0 Å². The Hall–Kier alpha value is -3.00. The number of hydrogen-bond acceptors (Lipinski definition) is 6. The number of anilines is 1. The number of hydrogen-bond donors (Lipinski definition) is 2. The van der Waals surface area contributed by atoms with E-state index in [-0.39, 0.29) is 23.2 Å². The number of nitrogens with zero attached hydrogens (tertiary/aromatic N) is 2. The zero-order valence-corrected chi connectivity index (χ0v) is 14.2. The van der Waals surface area contributed by atoms with Gasteiger partial charge in [0.1, 0.15) is 12.3 Å². The van der Waals surface area contributed by atoms with E-state index in [1.54, 1.807) is 30.3 Å². The molecule has 0 atom stereocenters. The first-order chi connectivity index (χ1) is 12.6. The van der Waals surface area contributed by atoms with Crippen molar-refractivity contribution in [3.05, 3.63) is 52.1 Å². The van der Waals surface area contributed by atoms with E-state index in [2.05, 4.69) is 4.90 Å². The summed E-state index contributed by atoms with van der Waals surface area (Å²) in [7, 11) is 0. The Balaban J connectivity index is 1.37. The lowest BCUT2D eigenvalue weighted by molar-refractivity contribution is -0.914. The zero-order chi connectivity index (χ0) is 18.1. The van der Waals surface area contributed by atoms with Gasteiger partial charge in [-0.05, 0) is 18.2 Å². The highest BCUT2D eigenvalue weighted by Gasteiger charge is 2.24. The first-order valence-corrected chi connectivity index (χ1v) is 8.54. The molecule has 8 heteroatoms. The van der Waals surface area contributed by atoms with E-state index in [9.17, 15) is 15.2 Å². The molecule has 26 heavy (non-hydrogen) atoms. The number of aromatic hydroxyl groups is 1. The molecule has 1 fully saturated rings. The number of phenolic OH excluding ortho intramolecular Hbond substituents is 1. The van der Waals surface area contributed by atoms with Gasteiger partial charge in [-0.25, -0.2) is 0 Å². The molecule has 0 aliphatic carbocycles. The number of ether oxygens (including phenoxy) is 2. The summed E-state index contributed by atoms with van der Waals surface area (Å²) < 4.78 is 10.7. The van der Waals surface area contributed by atoms with Gasteiger partial charge < -0.3 is 24.4 Å². The number of rotatable bonds is 4. The van der Waals surface area contributed by atoms with Gasteiger partial charge in [0.25, 0.3) is 5.69 Å². The summed E-state index contributed by atoms with van der Waals surface area (Å²) in [5.74, 6) is 1.51. The molecule has 1 saturated heterocycles. The number of quaternary nitrogens is 1. The minimum Gasteiger partial charge on any atom is -0.507 e. The normalized spacial score (nSPS) is 16.7. The van der Waals surface area contributed by atoms with Crippen LogP contribution >= 0.6 is 0 Å². The van der Waals surface area contributed by atoms with Crippen molar-refractivity contribution in [1.29, 1.82) is 0 Å². The molecule has 4 rings (SSSR count). The Kier molecular flexibility index (Phi) is 4.26. The van der Waals surface area contributed by atoms with E-state index in [0.29, 0.717) is 11.5 Å². The van der Waals surface area contributed by atoms with Crippen molar-refractivity contribution in [1.82, 2.24) is 0 Å². The number of nitro groups is 1. The average Bonchev–Trinajstić information content (AvgIpc) is 3.10. The predicted molar refractivity (Wildman–Crippen MR) is 93.9 cm³/mol. The fraction of sp³-hybridized carbons (Fsp3) is 0.333. The van der Waals surface area contributed by atoms with Gasteiger partial charge >= 0.3 is 0 Å². The van der Waals surface area contributed by atoms with Crippen LogP contribution in [0.25, 0.3) is 0 Å². The van der Waals surface area contributed by atoms with Gasteiger partial charge in [0.05, 0.1) is 36.7 Å². The van der Waals surface area contributed by atoms with Gasteiger partial charge in [-0.1, -0.05) is 0 Å². The third kappa shape index (κ3) is 3.23. The highest BCUT2D eigenvalue weighted by atomic mass is 16.7. The average molecular weight is 358 g/mol. The number of fused-ring (bicyclic) bond motifs is 1. The fourth-order valence-electron chi connectivity index (χ4n) is 3.43. The molecule has 8 nitrogen and oxygen atoms in total. The maximum atomic E-state index is 10.8. The molecule has 2 aromatic carbocycles. The molecule has 2 aliphatic heterocycles. The number of non-ortho nitro benzene ring substituents is 1. The molecule has 2 heterocycles. The van der Waals surface area contributed by atoms with Crippen molar-refractivity contribution >= 4 is 11.4 Å². The molecule has 0 bridgehead atoms. The van der Waals surface area contributed by atoms with Crippen molar-refractivity contribution in [2.75, 3.05) is 37.9 Å². The Morgan fingerprint density at radius 2 is 1.77 bits per heavy atom. The van der Waals surface area contributed by atoms with Gasteiger partial charge in [0, 0.05) is 23.9 Å². The van der Waals surface area contributed by atoms with E-state index >= 15 is 0 Å². The maximum absolute atomic E-state index is 10.8. The summed E-state index contributed by atoms with van der Waals surface area (Å²) in [5.41, 5.74) is 1.96. The standard InChI is InChI=1S/C18H19N3O5/c22-16-10-18-17(25-12-26-18)9-13(16)11-19-5-7-20(8-6-19)14-1-3-15(4-2-14)21(23)24/h1-4,9-10,22H,5-8,11-12H2/p+1. The SMILES string of the molecule is O=[N+]([O-])c1ccc(N2CC[NH+](Cc3cc4c(cc3O)OCO4)CC2)cc1. The lowest BCUT2D eigenvalue weighted by Gasteiger charge is -2.33. The summed E-state index contributed by atoms with van der Waals surface area (Å²) in [6.45, 7) is 4.47. The van der Waals surface area contributed by atoms with Gasteiger partial charge in [-0.15, -0.1) is 0 Å². The maximum Gasteiger partial charge on any atom is 0.269 e. The third-order valence-corrected chi connectivity index (χ3v) is 4.91. The van der Waals surface area contributed by atoms with E-state index in [4.69, 9.17) is 9.47 Å². The summed E-state index contributed by atoms with van der Waals surface area (Å²) in [5, 5.41) is 20.9. The van der Waals surface area contributed by atoms with Gasteiger partial charge in [0.2, 0.25) is 6.79 Å². The van der Waals surface area contributed by atoms with E-state index in [0.717, 1.165) is 44.0 Å². The third-order valence-electron chi connectivity index (χ3n) is 4.91.